The molecule has 0 bridgehead atoms. The number of nitrogens with one attached hydrogen (secondary N) is 1. The molecule has 0 saturated heterocycles. The molecule has 1 fully saturated rings. The highest BCUT2D eigenvalue weighted by atomic mass is 32.2. The largest absolute Gasteiger partial charge is 0.610 e. The molecule has 0 aliphatic heterocycles. The third-order valence-electron chi connectivity index (χ3n) is 4.74. The van der Waals surface area contributed by atoms with E-state index in [1.807, 2.05) is 24.3 Å². The molecule has 3 aromatic rings. The molecule has 136 valence electrons. The van der Waals surface area contributed by atoms with Crippen LogP contribution in [0, 0.1) is 0 Å². The maximum absolute atomic E-state index is 11.7. The van der Waals surface area contributed by atoms with E-state index < -0.39 is 11.2 Å². The van der Waals surface area contributed by atoms with E-state index in [9.17, 15) is 9.66 Å². The Hall–Kier alpha value is -2.16. The van der Waals surface area contributed by atoms with Crippen molar-refractivity contribution in [1.29, 1.82) is 0 Å². The zero-order valence-electron chi connectivity index (χ0n) is 14.5. The second kappa shape index (κ2) is 7.22. The van der Waals surface area contributed by atoms with E-state index in [0.29, 0.717) is 11.1 Å². The first-order valence-electron chi connectivity index (χ1n) is 8.69. The first-order chi connectivity index (χ1) is 12.6. The third-order valence-corrected chi connectivity index (χ3v) is 5.55. The Balaban J connectivity index is 1.63. The van der Waals surface area contributed by atoms with Gasteiger partial charge in [0.05, 0.1) is 18.0 Å². The number of pyridine rings is 1. The summed E-state index contributed by atoms with van der Waals surface area (Å²) in [7, 11) is 0. The summed E-state index contributed by atoms with van der Waals surface area (Å²) in [4.78, 5) is 8.56. The van der Waals surface area contributed by atoms with Crippen molar-refractivity contribution in [3.05, 3.63) is 36.7 Å². The molecule has 0 spiro atoms. The Labute approximate surface area is 154 Å². The number of aliphatic hydroxyl groups excluding tert-OH is 1. The van der Waals surface area contributed by atoms with E-state index in [0.717, 1.165) is 48.4 Å². The molecule has 8 heteroatoms. The normalized spacial score (nSPS) is 21.7. The first-order valence-corrected chi connectivity index (χ1v) is 10.3. The fraction of sp³-hybridized carbons (Fsp3) is 0.389. The molecule has 1 atom stereocenters. The van der Waals surface area contributed by atoms with Gasteiger partial charge >= 0.3 is 0 Å². The number of nitrogens with zero attached hydrogens (tertiary/aromatic N) is 4. The molecule has 1 saturated carbocycles. The van der Waals surface area contributed by atoms with Crippen molar-refractivity contribution in [3.8, 4) is 11.3 Å². The van der Waals surface area contributed by atoms with Gasteiger partial charge in [0, 0.05) is 35.0 Å². The van der Waals surface area contributed by atoms with Gasteiger partial charge in [0.2, 0.25) is 5.03 Å². The number of hydrogen-bond donors (Lipinski definition) is 2. The zero-order chi connectivity index (χ0) is 18.1. The topological polar surface area (TPSA) is 98.4 Å². The van der Waals surface area contributed by atoms with E-state index >= 15 is 0 Å². The summed E-state index contributed by atoms with van der Waals surface area (Å²) in [6.07, 6.45) is 8.38. The Kier molecular flexibility index (Phi) is 4.80. The number of imidazole rings is 1. The minimum Gasteiger partial charge on any atom is -0.610 e. The predicted molar refractivity (Wildman–Crippen MR) is 100 cm³/mol. The van der Waals surface area contributed by atoms with Crippen molar-refractivity contribution in [2.75, 3.05) is 11.6 Å². The van der Waals surface area contributed by atoms with Crippen LogP contribution in [0.25, 0.3) is 16.9 Å². The average molecular weight is 371 g/mol. The number of anilines is 1. The highest BCUT2D eigenvalue weighted by Crippen LogP contribution is 2.24. The van der Waals surface area contributed by atoms with Gasteiger partial charge in [-0.25, -0.2) is 14.5 Å². The predicted octanol–water partition coefficient (Wildman–Crippen LogP) is 2.24. The van der Waals surface area contributed by atoms with Gasteiger partial charge in [0.15, 0.2) is 5.65 Å². The SMILES string of the molecule is C[S+]([O-])c1cc(-c2cnc3ccc(N[C@H]4CC[C@H](O)CC4)nn23)ccn1. The lowest BCUT2D eigenvalue weighted by atomic mass is 9.93. The Morgan fingerprint density at radius 1 is 1.19 bits per heavy atom. The van der Waals surface area contributed by atoms with E-state index in [1.165, 1.54) is 0 Å². The summed E-state index contributed by atoms with van der Waals surface area (Å²) in [6.45, 7) is 0. The third kappa shape index (κ3) is 3.53. The lowest BCUT2D eigenvalue weighted by molar-refractivity contribution is 0.126. The number of aromatic nitrogens is 4. The summed E-state index contributed by atoms with van der Waals surface area (Å²) in [5, 5.41) is 18.3. The van der Waals surface area contributed by atoms with Crippen molar-refractivity contribution in [2.24, 2.45) is 0 Å². The van der Waals surface area contributed by atoms with E-state index in [4.69, 9.17) is 0 Å². The minimum absolute atomic E-state index is 0.172. The number of fused-ring (bicyclic) bond motifs is 1. The van der Waals surface area contributed by atoms with Crippen LogP contribution in [0.4, 0.5) is 5.82 Å². The van der Waals surface area contributed by atoms with E-state index in [-0.39, 0.29) is 6.10 Å². The molecular formula is C18H21N5O2S. The molecule has 1 unspecified atom stereocenters. The molecule has 2 N–H and O–H groups in total. The first kappa shape index (κ1) is 17.3. The fourth-order valence-corrected chi connectivity index (χ4v) is 3.80. The summed E-state index contributed by atoms with van der Waals surface area (Å²) in [6, 6.07) is 7.85. The quantitative estimate of drug-likeness (QED) is 0.683. The molecule has 0 radical (unpaired) electrons. The van der Waals surface area contributed by atoms with Crippen LogP contribution in [-0.2, 0) is 11.2 Å². The standard InChI is InChI=1S/C18H21N5O2S/c1-26(25)18-10-12(8-9-19-18)15-11-20-17-7-6-16(22-23(15)17)21-13-2-4-14(24)5-3-13/h6-11,13-14,24H,2-5H2,1H3,(H,21,22)/t13-,14-,26?. The molecule has 3 aromatic heterocycles. The van der Waals surface area contributed by atoms with Gasteiger partial charge in [0.1, 0.15) is 12.1 Å². The summed E-state index contributed by atoms with van der Waals surface area (Å²) in [5.74, 6) is 0.784. The van der Waals surface area contributed by atoms with Gasteiger partial charge < -0.3 is 15.0 Å². The molecule has 1 aliphatic rings. The van der Waals surface area contributed by atoms with Crippen molar-refractivity contribution in [1.82, 2.24) is 19.6 Å². The molecular weight excluding hydrogens is 350 g/mol. The highest BCUT2D eigenvalue weighted by molar-refractivity contribution is 7.90. The molecule has 1 aliphatic carbocycles. The van der Waals surface area contributed by atoms with Crippen LogP contribution in [0.5, 0.6) is 0 Å². The van der Waals surface area contributed by atoms with Gasteiger partial charge in [-0.1, -0.05) is 0 Å². The molecule has 4 rings (SSSR count). The Bertz CT molecular complexity index is 905. The Morgan fingerprint density at radius 2 is 2.00 bits per heavy atom. The summed E-state index contributed by atoms with van der Waals surface area (Å²) in [5.41, 5.74) is 2.46. The van der Waals surface area contributed by atoms with Crippen LogP contribution in [0.1, 0.15) is 25.7 Å². The molecule has 26 heavy (non-hydrogen) atoms. The maximum Gasteiger partial charge on any atom is 0.244 e. The zero-order valence-corrected chi connectivity index (χ0v) is 15.3. The van der Waals surface area contributed by atoms with Crippen LogP contribution < -0.4 is 5.32 Å². The number of rotatable bonds is 4. The smallest absolute Gasteiger partial charge is 0.244 e. The average Bonchev–Trinajstić information content (AvgIpc) is 3.07. The van der Waals surface area contributed by atoms with Gasteiger partial charge in [-0.05, 0) is 43.9 Å². The van der Waals surface area contributed by atoms with Crippen LogP contribution in [-0.4, -0.2) is 47.6 Å². The highest BCUT2D eigenvalue weighted by Gasteiger charge is 2.20. The van der Waals surface area contributed by atoms with Crippen molar-refractivity contribution >= 4 is 22.6 Å². The molecule has 7 nitrogen and oxygen atoms in total. The number of hydrogen-bond acceptors (Lipinski definition) is 6. The minimum atomic E-state index is -1.14. The van der Waals surface area contributed by atoms with Crippen LogP contribution in [0.2, 0.25) is 0 Å². The van der Waals surface area contributed by atoms with Gasteiger partial charge in [0.25, 0.3) is 0 Å². The maximum atomic E-state index is 11.7. The van der Waals surface area contributed by atoms with E-state index in [2.05, 4.69) is 20.4 Å². The lowest BCUT2D eigenvalue weighted by Gasteiger charge is -2.26. The van der Waals surface area contributed by atoms with E-state index in [1.54, 1.807) is 23.2 Å². The molecule has 0 amide bonds. The van der Waals surface area contributed by atoms with Gasteiger partial charge in [-0.3, -0.25) is 0 Å². The molecule has 0 aromatic carbocycles. The summed E-state index contributed by atoms with van der Waals surface area (Å²) < 4.78 is 13.5. The van der Waals surface area contributed by atoms with Crippen molar-refractivity contribution in [3.63, 3.8) is 0 Å². The van der Waals surface area contributed by atoms with Crippen LogP contribution in [0.15, 0.2) is 41.7 Å². The van der Waals surface area contributed by atoms with Crippen LogP contribution in [0.3, 0.4) is 0 Å². The van der Waals surface area contributed by atoms with Gasteiger partial charge in [-0.2, -0.15) is 0 Å². The Morgan fingerprint density at radius 3 is 2.77 bits per heavy atom. The van der Waals surface area contributed by atoms with Gasteiger partial charge in [-0.15, -0.1) is 5.10 Å². The summed E-state index contributed by atoms with van der Waals surface area (Å²) >= 11 is -1.14. The monoisotopic (exact) mass is 371 g/mol. The second-order valence-electron chi connectivity index (χ2n) is 6.62. The number of aliphatic hydroxyl groups is 1. The lowest BCUT2D eigenvalue weighted by Crippen LogP contribution is -2.28. The van der Waals surface area contributed by atoms with Crippen molar-refractivity contribution < 1.29 is 9.66 Å². The van der Waals surface area contributed by atoms with Crippen molar-refractivity contribution in [2.45, 2.75) is 42.9 Å². The molecule has 3 heterocycles. The fourth-order valence-electron chi connectivity index (χ4n) is 3.30. The second-order valence-corrected chi connectivity index (χ2v) is 7.95. The van der Waals surface area contributed by atoms with Crippen LogP contribution >= 0.6 is 0 Å².